The van der Waals surface area contributed by atoms with Gasteiger partial charge in [0.1, 0.15) is 5.75 Å². The van der Waals surface area contributed by atoms with E-state index in [1.807, 2.05) is 0 Å². The second kappa shape index (κ2) is 8.34. The first kappa shape index (κ1) is 20.4. The average Bonchev–Trinajstić information content (AvgIpc) is 3.48. The molecule has 1 N–H and O–H groups in total. The number of ether oxygens (including phenoxy) is 1. The fraction of sp³-hybridized carbons (Fsp3) is 0.333. The van der Waals surface area contributed by atoms with Gasteiger partial charge in [-0.15, -0.1) is 0 Å². The van der Waals surface area contributed by atoms with E-state index in [4.69, 9.17) is 16.3 Å². The van der Waals surface area contributed by atoms with E-state index in [1.54, 1.807) is 36.4 Å². The van der Waals surface area contributed by atoms with Crippen LogP contribution in [0.4, 0.5) is 18.9 Å². The molecule has 1 aliphatic rings. The van der Waals surface area contributed by atoms with E-state index in [2.05, 4.69) is 11.8 Å². The van der Waals surface area contributed by atoms with Crippen molar-refractivity contribution in [3.8, 4) is 17.6 Å². The van der Waals surface area contributed by atoms with E-state index in [0.29, 0.717) is 16.9 Å². The van der Waals surface area contributed by atoms with Gasteiger partial charge in [-0.2, -0.15) is 13.2 Å². The van der Waals surface area contributed by atoms with Crippen LogP contribution in [0.25, 0.3) is 0 Å². The van der Waals surface area contributed by atoms with Crippen LogP contribution in [0.1, 0.15) is 24.0 Å². The van der Waals surface area contributed by atoms with Gasteiger partial charge < -0.3 is 14.7 Å². The van der Waals surface area contributed by atoms with Crippen LogP contribution < -0.4 is 9.64 Å². The highest BCUT2D eigenvalue weighted by Crippen LogP contribution is 2.36. The fourth-order valence-electron chi connectivity index (χ4n) is 2.71. The number of benzene rings is 2. The molecule has 0 aromatic heterocycles. The Hall–Kier alpha value is -2.36. The topological polar surface area (TPSA) is 32.7 Å². The number of hydrogen-bond donors (Lipinski definition) is 1. The Balaban J connectivity index is 2.02. The van der Waals surface area contributed by atoms with Crippen LogP contribution in [-0.2, 0) is 6.54 Å². The minimum Gasteiger partial charge on any atom is -0.497 e. The second-order valence-corrected chi connectivity index (χ2v) is 6.98. The van der Waals surface area contributed by atoms with E-state index >= 15 is 0 Å². The zero-order valence-corrected chi connectivity index (χ0v) is 15.9. The first-order valence-corrected chi connectivity index (χ1v) is 9.12. The van der Waals surface area contributed by atoms with Gasteiger partial charge >= 0.3 is 6.18 Å². The summed E-state index contributed by atoms with van der Waals surface area (Å²) in [5, 5.41) is 10.2. The van der Waals surface area contributed by atoms with E-state index < -0.39 is 12.4 Å². The molecule has 0 bridgehead atoms. The lowest BCUT2D eigenvalue weighted by Crippen LogP contribution is -2.46. The van der Waals surface area contributed by atoms with Gasteiger partial charge in [0, 0.05) is 18.0 Å². The van der Waals surface area contributed by atoms with Crippen molar-refractivity contribution in [2.24, 2.45) is 5.92 Å². The van der Waals surface area contributed by atoms with Crippen LogP contribution in [0.2, 0.25) is 5.02 Å². The molecule has 0 spiro atoms. The second-order valence-electron chi connectivity index (χ2n) is 6.57. The SMILES string of the molecule is COc1ccc(CN(c2c(Cl)cccc2C#CC2CC2)C(O)C(F)(F)F)cc1. The highest BCUT2D eigenvalue weighted by Gasteiger charge is 2.43. The number of anilines is 1. The summed E-state index contributed by atoms with van der Waals surface area (Å²) in [6.45, 7) is -0.202. The third kappa shape index (κ3) is 4.92. The van der Waals surface area contributed by atoms with Crippen molar-refractivity contribution in [2.45, 2.75) is 31.8 Å². The van der Waals surface area contributed by atoms with Gasteiger partial charge in [-0.25, -0.2) is 0 Å². The van der Waals surface area contributed by atoms with Crippen molar-refractivity contribution in [3.63, 3.8) is 0 Å². The minimum atomic E-state index is -4.85. The molecule has 2 aromatic rings. The minimum absolute atomic E-state index is 0.0676. The molecule has 7 heteroatoms. The van der Waals surface area contributed by atoms with Crippen LogP contribution in [0.15, 0.2) is 42.5 Å². The van der Waals surface area contributed by atoms with Crippen LogP contribution in [0.5, 0.6) is 5.75 Å². The molecule has 0 amide bonds. The summed E-state index contributed by atoms with van der Waals surface area (Å²) in [7, 11) is 1.50. The summed E-state index contributed by atoms with van der Waals surface area (Å²) in [4.78, 5) is 0.834. The molecule has 1 fully saturated rings. The summed E-state index contributed by atoms with van der Waals surface area (Å²) < 4.78 is 45.3. The maximum Gasteiger partial charge on any atom is 0.433 e. The Kier molecular flexibility index (Phi) is 6.07. The molecule has 0 saturated heterocycles. The van der Waals surface area contributed by atoms with Crippen LogP contribution in [0.3, 0.4) is 0 Å². The van der Waals surface area contributed by atoms with Crippen molar-refractivity contribution in [2.75, 3.05) is 12.0 Å². The Bertz CT molecular complexity index is 883. The molecule has 1 saturated carbocycles. The number of hydrogen-bond acceptors (Lipinski definition) is 3. The van der Waals surface area contributed by atoms with Crippen LogP contribution in [0, 0.1) is 17.8 Å². The smallest absolute Gasteiger partial charge is 0.433 e. The summed E-state index contributed by atoms with van der Waals surface area (Å²) in [6.07, 6.45) is -5.60. The number of methoxy groups -OCH3 is 1. The van der Waals surface area contributed by atoms with E-state index in [9.17, 15) is 18.3 Å². The average molecular weight is 410 g/mol. The van der Waals surface area contributed by atoms with Crippen molar-refractivity contribution in [1.29, 1.82) is 0 Å². The normalized spacial score (nSPS) is 14.8. The molecule has 1 unspecified atom stereocenters. The van der Waals surface area contributed by atoms with Gasteiger partial charge in [0.05, 0.1) is 17.8 Å². The molecule has 28 heavy (non-hydrogen) atoms. The summed E-state index contributed by atoms with van der Waals surface area (Å²) in [5.41, 5.74) is 0.985. The molecule has 0 radical (unpaired) electrons. The van der Waals surface area contributed by atoms with Gasteiger partial charge in [-0.1, -0.05) is 41.6 Å². The highest BCUT2D eigenvalue weighted by molar-refractivity contribution is 6.33. The van der Waals surface area contributed by atoms with Gasteiger partial charge in [-0.05, 0) is 42.7 Å². The lowest BCUT2D eigenvalue weighted by atomic mass is 10.1. The summed E-state index contributed by atoms with van der Waals surface area (Å²) in [6, 6.07) is 11.3. The molecule has 3 nitrogen and oxygen atoms in total. The summed E-state index contributed by atoms with van der Waals surface area (Å²) >= 11 is 6.26. The molecule has 0 aliphatic heterocycles. The lowest BCUT2D eigenvalue weighted by Gasteiger charge is -2.32. The zero-order valence-electron chi connectivity index (χ0n) is 15.1. The molecule has 2 aromatic carbocycles. The van der Waals surface area contributed by atoms with Crippen molar-refractivity contribution < 1.29 is 23.0 Å². The number of nitrogens with zero attached hydrogens (tertiary/aromatic N) is 1. The van der Waals surface area contributed by atoms with E-state index in [0.717, 1.165) is 17.7 Å². The molecule has 148 valence electrons. The maximum absolute atomic E-state index is 13.4. The predicted octanol–water partition coefficient (Wildman–Crippen LogP) is 5.00. The van der Waals surface area contributed by atoms with E-state index in [-0.39, 0.29) is 23.2 Å². The molecule has 3 rings (SSSR count). The van der Waals surface area contributed by atoms with Crippen LogP contribution >= 0.6 is 11.6 Å². The molecule has 1 aliphatic carbocycles. The first-order chi connectivity index (χ1) is 13.3. The number of aliphatic hydroxyl groups is 1. The van der Waals surface area contributed by atoms with Crippen molar-refractivity contribution in [3.05, 3.63) is 58.6 Å². The van der Waals surface area contributed by atoms with Gasteiger partial charge in [-0.3, -0.25) is 0 Å². The largest absolute Gasteiger partial charge is 0.497 e. The number of alkyl halides is 3. The number of aliphatic hydroxyl groups excluding tert-OH is 1. The first-order valence-electron chi connectivity index (χ1n) is 8.74. The van der Waals surface area contributed by atoms with Gasteiger partial charge in [0.25, 0.3) is 0 Å². The lowest BCUT2D eigenvalue weighted by molar-refractivity contribution is -0.203. The number of halogens is 4. The van der Waals surface area contributed by atoms with Crippen molar-refractivity contribution >= 4 is 17.3 Å². The summed E-state index contributed by atoms with van der Waals surface area (Å²) in [5.74, 6) is 6.83. The maximum atomic E-state index is 13.4. The number of para-hydroxylation sites is 1. The molecular weight excluding hydrogens is 391 g/mol. The predicted molar refractivity (Wildman–Crippen MR) is 102 cm³/mol. The van der Waals surface area contributed by atoms with Crippen molar-refractivity contribution in [1.82, 2.24) is 0 Å². The van der Waals surface area contributed by atoms with Crippen LogP contribution in [-0.4, -0.2) is 24.6 Å². The van der Waals surface area contributed by atoms with E-state index in [1.165, 1.54) is 13.2 Å². The molecule has 0 heterocycles. The fourth-order valence-corrected chi connectivity index (χ4v) is 2.99. The quantitative estimate of drug-likeness (QED) is 0.557. The Morgan fingerprint density at radius 1 is 1.21 bits per heavy atom. The third-order valence-corrected chi connectivity index (χ3v) is 4.67. The monoisotopic (exact) mass is 409 g/mol. The standard InChI is InChI=1S/C21H19ClF3NO2/c1-28-17-11-8-15(9-12-17)13-26(20(27)21(23,24)25)19-16(3-2-4-18(19)22)10-7-14-5-6-14/h2-4,8-9,11-12,14,20,27H,5-6,13H2,1H3. The highest BCUT2D eigenvalue weighted by atomic mass is 35.5. The molecule has 1 atom stereocenters. The third-order valence-electron chi connectivity index (χ3n) is 4.36. The van der Waals surface area contributed by atoms with Gasteiger partial charge in [0.15, 0.2) is 0 Å². The Morgan fingerprint density at radius 3 is 2.46 bits per heavy atom. The molecular formula is C21H19ClF3NO2. The Labute approximate surface area is 166 Å². The van der Waals surface area contributed by atoms with Gasteiger partial charge in [0.2, 0.25) is 6.23 Å². The number of rotatable bonds is 5. The Morgan fingerprint density at radius 2 is 1.89 bits per heavy atom. The zero-order chi connectivity index (χ0) is 20.3.